The summed E-state index contributed by atoms with van der Waals surface area (Å²) in [7, 11) is 2.17. The van der Waals surface area contributed by atoms with Crippen molar-refractivity contribution in [3.8, 4) is 0 Å². The Morgan fingerprint density at radius 2 is 2.50 bits per heavy atom. The Balaban J connectivity index is 1.84. The lowest BCUT2D eigenvalue weighted by Gasteiger charge is -2.29. The molecular formula is C13H20N2O2S. The standard InChI is InChI=1S/C13H20N2O2S/c1-15-6-2-3-10(9-15)7-12-14-8-11(18-12)4-5-13(16)17/h8,10H,2-7,9H2,1H3,(H,16,17). The van der Waals surface area contributed by atoms with Gasteiger partial charge in [0.2, 0.25) is 0 Å². The predicted octanol–water partition coefficient (Wildman–Crippen LogP) is 2.04. The first kappa shape index (κ1) is 13.5. The third-order valence-corrected chi connectivity index (χ3v) is 4.45. The molecule has 0 bridgehead atoms. The summed E-state index contributed by atoms with van der Waals surface area (Å²) in [5.41, 5.74) is 0. The molecule has 2 rings (SSSR count). The van der Waals surface area contributed by atoms with E-state index in [1.54, 1.807) is 11.3 Å². The Hall–Kier alpha value is -0.940. The number of carboxylic acid groups (broad SMARTS) is 1. The van der Waals surface area contributed by atoms with Crippen molar-refractivity contribution in [3.05, 3.63) is 16.1 Å². The van der Waals surface area contributed by atoms with Crippen molar-refractivity contribution in [3.63, 3.8) is 0 Å². The highest BCUT2D eigenvalue weighted by Gasteiger charge is 2.18. The number of likely N-dealkylation sites (tertiary alicyclic amines) is 1. The van der Waals surface area contributed by atoms with Crippen LogP contribution in [0.1, 0.15) is 29.1 Å². The molecule has 4 nitrogen and oxygen atoms in total. The zero-order valence-electron chi connectivity index (χ0n) is 10.8. The Morgan fingerprint density at radius 3 is 3.22 bits per heavy atom. The summed E-state index contributed by atoms with van der Waals surface area (Å²) in [6.07, 6.45) is 6.26. The van der Waals surface area contributed by atoms with Crippen LogP contribution in [0.4, 0.5) is 0 Å². The van der Waals surface area contributed by atoms with Gasteiger partial charge in [-0.25, -0.2) is 4.98 Å². The highest BCUT2D eigenvalue weighted by atomic mass is 32.1. The number of nitrogens with zero attached hydrogens (tertiary/aromatic N) is 2. The Kier molecular flexibility index (Phi) is 4.72. The third-order valence-electron chi connectivity index (χ3n) is 3.37. The third kappa shape index (κ3) is 4.07. The maximum absolute atomic E-state index is 10.5. The average molecular weight is 268 g/mol. The monoisotopic (exact) mass is 268 g/mol. The van der Waals surface area contributed by atoms with Gasteiger partial charge in [0, 0.05) is 24.0 Å². The fourth-order valence-corrected chi connectivity index (χ4v) is 3.51. The molecule has 100 valence electrons. The molecule has 1 saturated heterocycles. The second kappa shape index (κ2) is 6.29. The summed E-state index contributed by atoms with van der Waals surface area (Å²) < 4.78 is 0. The first-order valence-corrected chi connectivity index (χ1v) is 7.29. The van der Waals surface area contributed by atoms with Gasteiger partial charge in [-0.3, -0.25) is 4.79 Å². The zero-order chi connectivity index (χ0) is 13.0. The normalized spacial score (nSPS) is 21.1. The lowest BCUT2D eigenvalue weighted by molar-refractivity contribution is -0.136. The summed E-state index contributed by atoms with van der Waals surface area (Å²) in [6.45, 7) is 2.36. The summed E-state index contributed by atoms with van der Waals surface area (Å²) in [5.74, 6) is -0.0268. The van der Waals surface area contributed by atoms with Crippen LogP contribution in [-0.4, -0.2) is 41.1 Å². The quantitative estimate of drug-likeness (QED) is 0.888. The van der Waals surface area contributed by atoms with E-state index < -0.39 is 5.97 Å². The Labute approximate surface area is 112 Å². The minimum Gasteiger partial charge on any atom is -0.481 e. The van der Waals surface area contributed by atoms with Crippen molar-refractivity contribution in [1.29, 1.82) is 0 Å². The molecule has 1 aliphatic heterocycles. The van der Waals surface area contributed by atoms with Crippen molar-refractivity contribution >= 4 is 17.3 Å². The average Bonchev–Trinajstić information content (AvgIpc) is 2.74. The van der Waals surface area contributed by atoms with Gasteiger partial charge in [-0.05, 0) is 38.8 Å². The molecule has 0 radical (unpaired) electrons. The molecular weight excluding hydrogens is 248 g/mol. The number of carbonyl (C=O) groups is 1. The van der Waals surface area contributed by atoms with E-state index in [0.717, 1.165) is 22.9 Å². The van der Waals surface area contributed by atoms with Gasteiger partial charge in [0.05, 0.1) is 11.4 Å². The number of thiazole rings is 1. The number of aliphatic carboxylic acids is 1. The van der Waals surface area contributed by atoms with Crippen LogP contribution in [0.25, 0.3) is 0 Å². The van der Waals surface area contributed by atoms with Crippen molar-refractivity contribution in [2.45, 2.75) is 32.1 Å². The summed E-state index contributed by atoms with van der Waals surface area (Å²) >= 11 is 1.68. The smallest absolute Gasteiger partial charge is 0.303 e. The lowest BCUT2D eigenvalue weighted by Crippen LogP contribution is -2.32. The summed E-state index contributed by atoms with van der Waals surface area (Å²) in [6, 6.07) is 0. The number of piperidine rings is 1. The maximum Gasteiger partial charge on any atom is 0.303 e. The molecule has 2 heterocycles. The van der Waals surface area contributed by atoms with Crippen molar-refractivity contribution in [1.82, 2.24) is 9.88 Å². The van der Waals surface area contributed by atoms with Crippen molar-refractivity contribution < 1.29 is 9.90 Å². The summed E-state index contributed by atoms with van der Waals surface area (Å²) in [5, 5.41) is 9.81. The van der Waals surface area contributed by atoms with E-state index in [1.165, 1.54) is 19.4 Å². The number of hydrogen-bond acceptors (Lipinski definition) is 4. The van der Waals surface area contributed by atoms with E-state index >= 15 is 0 Å². The molecule has 1 atom stereocenters. The van der Waals surface area contributed by atoms with E-state index in [1.807, 2.05) is 6.20 Å². The van der Waals surface area contributed by atoms with E-state index in [4.69, 9.17) is 5.11 Å². The fourth-order valence-electron chi connectivity index (χ4n) is 2.47. The van der Waals surface area contributed by atoms with Gasteiger partial charge >= 0.3 is 5.97 Å². The molecule has 0 amide bonds. The minimum absolute atomic E-state index is 0.202. The molecule has 1 fully saturated rings. The largest absolute Gasteiger partial charge is 0.481 e. The number of aryl methyl sites for hydroxylation is 1. The van der Waals surface area contributed by atoms with E-state index in [-0.39, 0.29) is 6.42 Å². The van der Waals surface area contributed by atoms with Crippen LogP contribution in [0.2, 0.25) is 0 Å². The van der Waals surface area contributed by atoms with E-state index in [0.29, 0.717) is 12.3 Å². The SMILES string of the molecule is CN1CCCC(Cc2ncc(CCC(=O)O)s2)C1. The molecule has 0 aromatic carbocycles. The number of carboxylic acids is 1. The van der Waals surface area contributed by atoms with Gasteiger partial charge in [0.15, 0.2) is 0 Å². The first-order valence-electron chi connectivity index (χ1n) is 6.47. The van der Waals surface area contributed by atoms with Gasteiger partial charge in [-0.2, -0.15) is 0 Å². The van der Waals surface area contributed by atoms with E-state index in [2.05, 4.69) is 16.9 Å². The van der Waals surface area contributed by atoms with Gasteiger partial charge in [0.1, 0.15) is 0 Å². The number of aromatic nitrogens is 1. The van der Waals surface area contributed by atoms with E-state index in [9.17, 15) is 4.79 Å². The number of hydrogen-bond donors (Lipinski definition) is 1. The van der Waals surface area contributed by atoms with Crippen LogP contribution in [0.15, 0.2) is 6.20 Å². The second-order valence-corrected chi connectivity index (χ2v) is 6.29. The molecule has 1 aromatic heterocycles. The summed E-state index contributed by atoms with van der Waals surface area (Å²) in [4.78, 5) is 18.4. The highest BCUT2D eigenvalue weighted by Crippen LogP contribution is 2.23. The molecule has 5 heteroatoms. The van der Waals surface area contributed by atoms with Crippen LogP contribution in [0.5, 0.6) is 0 Å². The Morgan fingerprint density at radius 1 is 1.67 bits per heavy atom. The molecule has 1 aliphatic rings. The molecule has 0 saturated carbocycles. The molecule has 0 aliphatic carbocycles. The Bertz CT molecular complexity index is 405. The fraction of sp³-hybridized carbons (Fsp3) is 0.692. The predicted molar refractivity (Wildman–Crippen MR) is 72.0 cm³/mol. The van der Waals surface area contributed by atoms with Crippen LogP contribution in [0.3, 0.4) is 0 Å². The van der Waals surface area contributed by atoms with Crippen LogP contribution >= 0.6 is 11.3 Å². The van der Waals surface area contributed by atoms with Crippen LogP contribution in [-0.2, 0) is 17.6 Å². The second-order valence-electron chi connectivity index (χ2n) is 5.09. The van der Waals surface area contributed by atoms with Crippen molar-refractivity contribution in [2.24, 2.45) is 5.92 Å². The van der Waals surface area contributed by atoms with Crippen LogP contribution < -0.4 is 0 Å². The van der Waals surface area contributed by atoms with Gasteiger partial charge in [-0.1, -0.05) is 0 Å². The molecule has 1 N–H and O–H groups in total. The number of rotatable bonds is 5. The van der Waals surface area contributed by atoms with Crippen LogP contribution in [0, 0.1) is 5.92 Å². The maximum atomic E-state index is 10.5. The first-order chi connectivity index (χ1) is 8.63. The highest BCUT2D eigenvalue weighted by molar-refractivity contribution is 7.11. The van der Waals surface area contributed by atoms with Gasteiger partial charge in [-0.15, -0.1) is 11.3 Å². The van der Waals surface area contributed by atoms with Gasteiger partial charge in [0.25, 0.3) is 0 Å². The van der Waals surface area contributed by atoms with Gasteiger partial charge < -0.3 is 10.0 Å². The molecule has 1 aromatic rings. The molecule has 1 unspecified atom stereocenters. The topological polar surface area (TPSA) is 53.4 Å². The minimum atomic E-state index is -0.737. The van der Waals surface area contributed by atoms with Crippen molar-refractivity contribution in [2.75, 3.05) is 20.1 Å². The molecule has 0 spiro atoms. The molecule has 18 heavy (non-hydrogen) atoms. The lowest BCUT2D eigenvalue weighted by atomic mass is 9.95. The zero-order valence-corrected chi connectivity index (χ0v) is 11.6.